The molecule has 1 saturated heterocycles. The molecular formula is C26H34FN3O4. The van der Waals surface area contributed by atoms with E-state index in [0.717, 1.165) is 18.4 Å². The standard InChI is InChI=1S/C26H34FN3O4/c1-25(2,3)20-12-11-17(29-23(31)19-10-7-13-28-22(19)27)15-21(20)33-16-18-9-8-14-30(18)24(32)34-26(4,5)6/h7,10-13,15,18H,8-9,14,16H2,1-6H3,(H,29,31). The van der Waals surface area contributed by atoms with Crippen LogP contribution in [0.4, 0.5) is 14.9 Å². The molecule has 0 aliphatic carbocycles. The summed E-state index contributed by atoms with van der Waals surface area (Å²) in [5.74, 6) is -0.814. The fourth-order valence-electron chi connectivity index (χ4n) is 3.85. The van der Waals surface area contributed by atoms with Gasteiger partial charge in [-0.25, -0.2) is 9.78 Å². The number of hydrogen-bond donors (Lipinski definition) is 1. The zero-order valence-electron chi connectivity index (χ0n) is 20.8. The summed E-state index contributed by atoms with van der Waals surface area (Å²) in [6.07, 6.45) is 2.65. The van der Waals surface area contributed by atoms with Gasteiger partial charge in [-0.1, -0.05) is 26.8 Å². The fourth-order valence-corrected chi connectivity index (χ4v) is 3.85. The average Bonchev–Trinajstić information content (AvgIpc) is 3.19. The molecule has 1 aliphatic rings. The first kappa shape index (κ1) is 25.5. The van der Waals surface area contributed by atoms with Crippen molar-refractivity contribution >= 4 is 17.7 Å². The van der Waals surface area contributed by atoms with Gasteiger partial charge in [0.1, 0.15) is 18.0 Å². The lowest BCUT2D eigenvalue weighted by molar-refractivity contribution is 0.0186. The highest BCUT2D eigenvalue weighted by molar-refractivity contribution is 6.04. The van der Waals surface area contributed by atoms with Crippen LogP contribution in [0, 0.1) is 5.95 Å². The molecule has 184 valence electrons. The Bertz CT molecular complexity index is 1040. The molecule has 1 N–H and O–H groups in total. The molecule has 2 amide bonds. The Kier molecular flexibility index (Phi) is 7.48. The molecule has 1 atom stereocenters. The van der Waals surface area contributed by atoms with E-state index in [1.165, 1.54) is 18.3 Å². The number of carbonyl (C=O) groups is 2. The van der Waals surface area contributed by atoms with Crippen LogP contribution < -0.4 is 10.1 Å². The average molecular weight is 472 g/mol. The predicted molar refractivity (Wildman–Crippen MR) is 129 cm³/mol. The number of benzene rings is 1. The lowest BCUT2D eigenvalue weighted by Gasteiger charge is -2.29. The number of anilines is 1. The molecule has 8 heteroatoms. The number of nitrogens with one attached hydrogen (secondary N) is 1. The van der Waals surface area contributed by atoms with Crippen molar-refractivity contribution in [2.45, 2.75) is 71.4 Å². The fraction of sp³-hybridized carbons (Fsp3) is 0.500. The Balaban J connectivity index is 1.77. The molecule has 2 heterocycles. The van der Waals surface area contributed by atoms with E-state index in [-0.39, 0.29) is 23.1 Å². The first-order valence-electron chi connectivity index (χ1n) is 11.5. The maximum atomic E-state index is 13.9. The number of amides is 2. The van der Waals surface area contributed by atoms with Crippen molar-refractivity contribution in [2.24, 2.45) is 0 Å². The molecule has 0 bridgehead atoms. The molecule has 7 nitrogen and oxygen atoms in total. The Morgan fingerprint density at radius 3 is 2.56 bits per heavy atom. The van der Waals surface area contributed by atoms with Gasteiger partial charge < -0.3 is 19.7 Å². The van der Waals surface area contributed by atoms with Gasteiger partial charge in [0, 0.05) is 24.5 Å². The summed E-state index contributed by atoms with van der Waals surface area (Å²) < 4.78 is 25.7. The van der Waals surface area contributed by atoms with E-state index < -0.39 is 17.5 Å². The van der Waals surface area contributed by atoms with E-state index in [2.05, 4.69) is 31.1 Å². The van der Waals surface area contributed by atoms with Crippen LogP contribution in [0.3, 0.4) is 0 Å². The number of halogens is 1. The van der Waals surface area contributed by atoms with Crippen molar-refractivity contribution in [2.75, 3.05) is 18.5 Å². The van der Waals surface area contributed by atoms with Gasteiger partial charge in [0.2, 0.25) is 5.95 Å². The second-order valence-electron chi connectivity index (χ2n) is 10.5. The van der Waals surface area contributed by atoms with Crippen molar-refractivity contribution in [3.05, 3.63) is 53.6 Å². The molecule has 0 radical (unpaired) electrons. The second kappa shape index (κ2) is 9.99. The number of likely N-dealkylation sites (tertiary alicyclic amines) is 1. The van der Waals surface area contributed by atoms with Gasteiger partial charge in [0.15, 0.2) is 0 Å². The van der Waals surface area contributed by atoms with Crippen LogP contribution in [0.15, 0.2) is 36.5 Å². The van der Waals surface area contributed by atoms with Crippen LogP contribution in [0.5, 0.6) is 5.75 Å². The number of nitrogens with zero attached hydrogens (tertiary/aromatic N) is 2. The first-order chi connectivity index (χ1) is 15.8. The molecule has 1 aliphatic heterocycles. The topological polar surface area (TPSA) is 80.8 Å². The lowest BCUT2D eigenvalue weighted by atomic mass is 9.86. The van der Waals surface area contributed by atoms with E-state index in [0.29, 0.717) is 24.6 Å². The Labute approximate surface area is 200 Å². The molecule has 0 spiro atoms. The van der Waals surface area contributed by atoms with Crippen LogP contribution >= 0.6 is 0 Å². The maximum Gasteiger partial charge on any atom is 0.410 e. The molecule has 1 aromatic carbocycles. The van der Waals surface area contributed by atoms with Gasteiger partial charge in [-0.3, -0.25) is 4.79 Å². The molecular weight excluding hydrogens is 437 g/mol. The molecule has 3 rings (SSSR count). The van der Waals surface area contributed by atoms with Crippen LogP contribution in [-0.2, 0) is 10.2 Å². The summed E-state index contributed by atoms with van der Waals surface area (Å²) in [5, 5.41) is 2.72. The molecule has 1 fully saturated rings. The number of hydrogen-bond acceptors (Lipinski definition) is 5. The van der Waals surface area contributed by atoms with Gasteiger partial charge in [0.05, 0.1) is 11.6 Å². The second-order valence-corrected chi connectivity index (χ2v) is 10.5. The summed E-state index contributed by atoms with van der Waals surface area (Å²) in [7, 11) is 0. The van der Waals surface area contributed by atoms with E-state index in [1.807, 2.05) is 26.8 Å². The van der Waals surface area contributed by atoms with Crippen molar-refractivity contribution in [1.82, 2.24) is 9.88 Å². The van der Waals surface area contributed by atoms with E-state index in [4.69, 9.17) is 9.47 Å². The number of carbonyl (C=O) groups excluding carboxylic acids is 2. The van der Waals surface area contributed by atoms with Gasteiger partial charge in [-0.05, 0) is 62.8 Å². The van der Waals surface area contributed by atoms with Gasteiger partial charge in [0.25, 0.3) is 5.91 Å². The minimum absolute atomic E-state index is 0.106. The zero-order chi connectivity index (χ0) is 25.1. The monoisotopic (exact) mass is 471 g/mol. The maximum absolute atomic E-state index is 13.9. The lowest BCUT2D eigenvalue weighted by Crippen LogP contribution is -2.42. The third kappa shape index (κ3) is 6.46. The summed E-state index contributed by atoms with van der Waals surface area (Å²) >= 11 is 0. The highest BCUT2D eigenvalue weighted by Gasteiger charge is 2.33. The molecule has 34 heavy (non-hydrogen) atoms. The van der Waals surface area contributed by atoms with Crippen LogP contribution in [0.1, 0.15) is 70.3 Å². The third-order valence-corrected chi connectivity index (χ3v) is 5.49. The van der Waals surface area contributed by atoms with Crippen molar-refractivity contribution < 1.29 is 23.5 Å². The number of pyridine rings is 1. The summed E-state index contributed by atoms with van der Waals surface area (Å²) in [6.45, 7) is 12.7. The predicted octanol–water partition coefficient (Wildman–Crippen LogP) is 5.55. The number of ether oxygens (including phenoxy) is 2. The summed E-state index contributed by atoms with van der Waals surface area (Å²) in [4.78, 5) is 30.4. The van der Waals surface area contributed by atoms with Crippen molar-refractivity contribution in [1.29, 1.82) is 0 Å². The smallest absolute Gasteiger partial charge is 0.410 e. The number of aromatic nitrogens is 1. The highest BCUT2D eigenvalue weighted by atomic mass is 19.1. The van der Waals surface area contributed by atoms with Crippen LogP contribution in [0.25, 0.3) is 0 Å². The van der Waals surface area contributed by atoms with Crippen LogP contribution in [0.2, 0.25) is 0 Å². The van der Waals surface area contributed by atoms with Crippen LogP contribution in [-0.4, -0.2) is 46.7 Å². The highest BCUT2D eigenvalue weighted by Crippen LogP contribution is 2.34. The van der Waals surface area contributed by atoms with E-state index >= 15 is 0 Å². The molecule has 2 aromatic rings. The van der Waals surface area contributed by atoms with Gasteiger partial charge >= 0.3 is 6.09 Å². The summed E-state index contributed by atoms with van der Waals surface area (Å²) in [5.41, 5.74) is 0.522. The minimum Gasteiger partial charge on any atom is -0.491 e. The first-order valence-corrected chi connectivity index (χ1v) is 11.5. The molecule has 1 aromatic heterocycles. The quantitative estimate of drug-likeness (QED) is 0.579. The Morgan fingerprint density at radius 2 is 1.91 bits per heavy atom. The number of rotatable bonds is 5. The minimum atomic E-state index is -0.828. The Morgan fingerprint density at radius 1 is 1.18 bits per heavy atom. The van der Waals surface area contributed by atoms with E-state index in [9.17, 15) is 14.0 Å². The van der Waals surface area contributed by atoms with Crippen molar-refractivity contribution in [3.8, 4) is 5.75 Å². The zero-order valence-corrected chi connectivity index (χ0v) is 20.8. The van der Waals surface area contributed by atoms with Crippen molar-refractivity contribution in [3.63, 3.8) is 0 Å². The third-order valence-electron chi connectivity index (χ3n) is 5.49. The molecule has 0 saturated carbocycles. The molecule has 1 unspecified atom stereocenters. The normalized spacial score (nSPS) is 16.3. The largest absolute Gasteiger partial charge is 0.491 e. The van der Waals surface area contributed by atoms with E-state index in [1.54, 1.807) is 17.0 Å². The SMILES string of the molecule is CC(C)(C)OC(=O)N1CCCC1COc1cc(NC(=O)c2cccnc2F)ccc1C(C)(C)C. The summed E-state index contributed by atoms with van der Waals surface area (Å²) in [6, 6.07) is 8.18. The Hall–Kier alpha value is -3.16. The van der Waals surface area contributed by atoms with Gasteiger partial charge in [-0.15, -0.1) is 0 Å². The van der Waals surface area contributed by atoms with Gasteiger partial charge in [-0.2, -0.15) is 4.39 Å².